The van der Waals surface area contributed by atoms with E-state index in [0.717, 1.165) is 23.4 Å². The quantitative estimate of drug-likeness (QED) is 0.427. The van der Waals surface area contributed by atoms with Crippen LogP contribution in [0.2, 0.25) is 0 Å². The number of hydrogen-bond acceptors (Lipinski definition) is 7. The number of rotatable bonds is 7. The average Bonchev–Trinajstić information content (AvgIpc) is 2.99. The number of benzene rings is 2. The van der Waals surface area contributed by atoms with Gasteiger partial charge in [-0.05, 0) is 24.3 Å². The molecule has 1 aliphatic heterocycles. The third-order valence-electron chi connectivity index (χ3n) is 4.37. The van der Waals surface area contributed by atoms with Gasteiger partial charge in [-0.15, -0.1) is 0 Å². The van der Waals surface area contributed by atoms with E-state index in [0.29, 0.717) is 15.0 Å². The zero-order valence-corrected chi connectivity index (χ0v) is 18.0. The number of carboxylic acid groups (broad SMARTS) is 1. The molecule has 3 N–H and O–H groups in total. The molecule has 1 fully saturated rings. The van der Waals surface area contributed by atoms with Gasteiger partial charge in [-0.25, -0.2) is 4.79 Å². The van der Waals surface area contributed by atoms with Crippen LogP contribution < -0.4 is 10.1 Å². The van der Waals surface area contributed by atoms with E-state index in [1.165, 1.54) is 17.0 Å². The number of anilines is 1. The SMILES string of the molecule is COc1ccccc1/C=C1\SC(=S)N(CCC(=O)Nc2ccc(C(=O)O)c(O)c2)C1=O. The molecule has 2 amide bonds. The number of ether oxygens (including phenoxy) is 1. The van der Waals surface area contributed by atoms with Gasteiger partial charge in [-0.1, -0.05) is 42.2 Å². The van der Waals surface area contributed by atoms with Crippen molar-refractivity contribution in [3.05, 3.63) is 58.5 Å². The van der Waals surface area contributed by atoms with Gasteiger partial charge in [-0.2, -0.15) is 0 Å². The van der Waals surface area contributed by atoms with E-state index in [9.17, 15) is 19.5 Å². The number of para-hydroxylation sites is 1. The summed E-state index contributed by atoms with van der Waals surface area (Å²) >= 11 is 6.44. The van der Waals surface area contributed by atoms with Crippen molar-refractivity contribution in [2.75, 3.05) is 19.0 Å². The van der Waals surface area contributed by atoms with Crippen molar-refractivity contribution in [1.82, 2.24) is 4.90 Å². The van der Waals surface area contributed by atoms with Crippen LogP contribution in [0.3, 0.4) is 0 Å². The van der Waals surface area contributed by atoms with Crippen LogP contribution in [0, 0.1) is 0 Å². The predicted octanol–water partition coefficient (Wildman–Crippen LogP) is 3.33. The molecule has 2 aromatic carbocycles. The number of carbonyl (C=O) groups excluding carboxylic acids is 2. The summed E-state index contributed by atoms with van der Waals surface area (Å²) in [6.07, 6.45) is 1.67. The van der Waals surface area contributed by atoms with Gasteiger partial charge in [0, 0.05) is 30.3 Å². The lowest BCUT2D eigenvalue weighted by molar-refractivity contribution is -0.122. The number of carbonyl (C=O) groups is 3. The standard InChI is InChI=1S/C21H18N2O6S2/c1-29-16-5-3-2-4-12(16)10-17-19(26)23(21(30)31-17)9-8-18(25)22-13-6-7-14(20(27)28)15(24)11-13/h2-7,10-11,24H,8-9H2,1H3,(H,22,25)(H,27,28)/b17-10-. The smallest absolute Gasteiger partial charge is 0.339 e. The first-order chi connectivity index (χ1) is 14.8. The molecule has 0 bridgehead atoms. The molecule has 1 heterocycles. The first kappa shape index (κ1) is 22.3. The summed E-state index contributed by atoms with van der Waals surface area (Å²) in [5.41, 5.74) is 0.721. The second kappa shape index (κ2) is 9.63. The lowest BCUT2D eigenvalue weighted by atomic mass is 10.2. The number of nitrogens with one attached hydrogen (secondary N) is 1. The summed E-state index contributed by atoms with van der Waals surface area (Å²) in [6, 6.07) is 11.0. The molecule has 0 spiro atoms. The lowest BCUT2D eigenvalue weighted by Gasteiger charge is -2.14. The van der Waals surface area contributed by atoms with E-state index in [2.05, 4.69) is 5.32 Å². The average molecular weight is 459 g/mol. The molecule has 10 heteroatoms. The summed E-state index contributed by atoms with van der Waals surface area (Å²) in [6.45, 7) is 0.0823. The van der Waals surface area contributed by atoms with Gasteiger partial charge in [-0.3, -0.25) is 14.5 Å². The van der Waals surface area contributed by atoms with Gasteiger partial charge in [0.2, 0.25) is 5.91 Å². The number of methoxy groups -OCH3 is 1. The minimum atomic E-state index is -1.27. The minimum absolute atomic E-state index is 0.0319. The highest BCUT2D eigenvalue weighted by Gasteiger charge is 2.32. The van der Waals surface area contributed by atoms with Gasteiger partial charge in [0.1, 0.15) is 21.4 Å². The Bertz CT molecular complexity index is 1100. The maximum Gasteiger partial charge on any atom is 0.339 e. The van der Waals surface area contributed by atoms with Gasteiger partial charge in [0.15, 0.2) is 0 Å². The Balaban J connectivity index is 1.63. The molecular weight excluding hydrogens is 440 g/mol. The van der Waals surface area contributed by atoms with E-state index in [1.807, 2.05) is 18.2 Å². The van der Waals surface area contributed by atoms with Crippen LogP contribution in [0.4, 0.5) is 5.69 Å². The normalized spacial score (nSPS) is 14.7. The summed E-state index contributed by atoms with van der Waals surface area (Å²) in [5, 5.41) is 21.2. The zero-order valence-electron chi connectivity index (χ0n) is 16.3. The molecule has 0 unspecified atom stereocenters. The maximum absolute atomic E-state index is 12.7. The highest BCUT2D eigenvalue weighted by molar-refractivity contribution is 8.26. The summed E-state index contributed by atoms with van der Waals surface area (Å²) < 4.78 is 5.64. The fourth-order valence-corrected chi connectivity index (χ4v) is 4.15. The van der Waals surface area contributed by atoms with Gasteiger partial charge in [0.25, 0.3) is 5.91 Å². The number of amides is 2. The molecule has 0 aromatic heterocycles. The van der Waals surface area contributed by atoms with Crippen molar-refractivity contribution in [3.63, 3.8) is 0 Å². The van der Waals surface area contributed by atoms with E-state index < -0.39 is 17.6 Å². The molecule has 31 heavy (non-hydrogen) atoms. The van der Waals surface area contributed by atoms with Crippen molar-refractivity contribution < 1.29 is 29.3 Å². The number of hydrogen-bond donors (Lipinski definition) is 3. The molecule has 1 aliphatic rings. The summed E-state index contributed by atoms with van der Waals surface area (Å²) in [5.74, 6) is -1.80. The molecule has 0 radical (unpaired) electrons. The molecule has 0 aliphatic carbocycles. The first-order valence-corrected chi connectivity index (χ1v) is 10.3. The molecule has 3 rings (SSSR count). The van der Waals surface area contributed by atoms with E-state index in [-0.39, 0.29) is 30.1 Å². The van der Waals surface area contributed by atoms with Crippen LogP contribution in [0.25, 0.3) is 6.08 Å². The lowest BCUT2D eigenvalue weighted by Crippen LogP contribution is -2.31. The van der Waals surface area contributed by atoms with E-state index in [1.54, 1.807) is 19.3 Å². The van der Waals surface area contributed by atoms with Gasteiger partial charge < -0.3 is 20.3 Å². The van der Waals surface area contributed by atoms with Crippen molar-refractivity contribution >= 4 is 57.8 Å². The van der Waals surface area contributed by atoms with Crippen molar-refractivity contribution in [1.29, 1.82) is 0 Å². The third kappa shape index (κ3) is 5.22. The van der Waals surface area contributed by atoms with Crippen LogP contribution in [0.5, 0.6) is 11.5 Å². The second-order valence-corrected chi connectivity index (χ2v) is 8.09. The number of phenols is 1. The molecular formula is C21H18N2O6S2. The second-order valence-electron chi connectivity index (χ2n) is 6.41. The van der Waals surface area contributed by atoms with Gasteiger partial charge >= 0.3 is 5.97 Å². The molecule has 2 aromatic rings. The van der Waals surface area contributed by atoms with Crippen molar-refractivity contribution in [2.24, 2.45) is 0 Å². The number of nitrogens with zero attached hydrogens (tertiary/aromatic N) is 1. The van der Waals surface area contributed by atoms with Gasteiger partial charge in [0.05, 0.1) is 12.0 Å². The number of thioether (sulfide) groups is 1. The highest BCUT2D eigenvalue weighted by Crippen LogP contribution is 2.34. The number of aromatic hydroxyl groups is 1. The fraction of sp³-hybridized carbons (Fsp3) is 0.143. The Labute approximate surface area is 187 Å². The highest BCUT2D eigenvalue weighted by atomic mass is 32.2. The third-order valence-corrected chi connectivity index (χ3v) is 5.75. The Morgan fingerprint density at radius 1 is 1.26 bits per heavy atom. The Morgan fingerprint density at radius 2 is 2.00 bits per heavy atom. The van der Waals surface area contributed by atoms with E-state index in [4.69, 9.17) is 22.1 Å². The van der Waals surface area contributed by atoms with Crippen LogP contribution in [-0.4, -0.2) is 50.9 Å². The number of thiocarbonyl (C=S) groups is 1. The van der Waals surface area contributed by atoms with Crippen molar-refractivity contribution in [2.45, 2.75) is 6.42 Å². The van der Waals surface area contributed by atoms with Crippen LogP contribution in [0.1, 0.15) is 22.3 Å². The molecule has 0 atom stereocenters. The summed E-state index contributed by atoms with van der Waals surface area (Å²) in [7, 11) is 1.55. The Kier molecular flexibility index (Phi) is 6.93. The van der Waals surface area contributed by atoms with Crippen LogP contribution in [-0.2, 0) is 9.59 Å². The van der Waals surface area contributed by atoms with Crippen molar-refractivity contribution in [3.8, 4) is 11.5 Å². The Morgan fingerprint density at radius 3 is 2.68 bits per heavy atom. The fourth-order valence-electron chi connectivity index (χ4n) is 2.85. The number of carboxylic acids is 1. The molecule has 160 valence electrons. The first-order valence-electron chi connectivity index (χ1n) is 9.04. The number of aromatic carboxylic acids is 1. The maximum atomic E-state index is 12.7. The molecule has 0 saturated carbocycles. The summed E-state index contributed by atoms with van der Waals surface area (Å²) in [4.78, 5) is 37.7. The minimum Gasteiger partial charge on any atom is -0.507 e. The topological polar surface area (TPSA) is 116 Å². The van der Waals surface area contributed by atoms with Crippen LogP contribution in [0.15, 0.2) is 47.4 Å². The zero-order chi connectivity index (χ0) is 22.5. The molecule has 1 saturated heterocycles. The largest absolute Gasteiger partial charge is 0.507 e. The molecule has 8 nitrogen and oxygen atoms in total. The Hall–Kier alpha value is -3.37. The van der Waals surface area contributed by atoms with E-state index >= 15 is 0 Å². The monoisotopic (exact) mass is 458 g/mol. The van der Waals surface area contributed by atoms with Crippen LogP contribution >= 0.6 is 24.0 Å². The predicted molar refractivity (Wildman–Crippen MR) is 121 cm³/mol.